The van der Waals surface area contributed by atoms with Gasteiger partial charge in [0.2, 0.25) is 0 Å². The number of ether oxygens (including phenoxy) is 2. The monoisotopic (exact) mass is 403 g/mol. The Morgan fingerprint density at radius 3 is 2.54 bits per heavy atom. The fraction of sp³-hybridized carbons (Fsp3) is 0.714. The molecular formula is C21H34BNO4Si. The maximum atomic E-state index is 6.72. The molecule has 0 unspecified atom stereocenters. The van der Waals surface area contributed by atoms with E-state index in [1.165, 1.54) is 5.56 Å². The molecule has 7 heteroatoms. The molecular weight excluding hydrogens is 369 g/mol. The van der Waals surface area contributed by atoms with Crippen molar-refractivity contribution in [3.63, 3.8) is 0 Å². The van der Waals surface area contributed by atoms with Crippen molar-refractivity contribution in [2.45, 2.75) is 89.3 Å². The number of hydrogen-bond donors (Lipinski definition) is 0. The van der Waals surface area contributed by atoms with Gasteiger partial charge in [-0.25, -0.2) is 0 Å². The smallest absolute Gasteiger partial charge is 0.192 e. The van der Waals surface area contributed by atoms with Crippen LogP contribution in [0.2, 0.25) is 18.1 Å². The molecule has 2 aliphatic heterocycles. The van der Waals surface area contributed by atoms with Gasteiger partial charge in [0, 0.05) is 12.5 Å². The predicted octanol–water partition coefficient (Wildman–Crippen LogP) is 3.84. The van der Waals surface area contributed by atoms with E-state index in [4.69, 9.17) is 26.6 Å². The number of hydroxylamine groups is 2. The summed E-state index contributed by atoms with van der Waals surface area (Å²) < 4.78 is 18.8. The summed E-state index contributed by atoms with van der Waals surface area (Å²) in [5, 5.41) is 2.09. The first kappa shape index (κ1) is 22.0. The van der Waals surface area contributed by atoms with E-state index in [2.05, 4.69) is 46.0 Å². The highest BCUT2D eigenvalue weighted by molar-refractivity contribution is 6.74. The van der Waals surface area contributed by atoms with Gasteiger partial charge in [-0.2, -0.15) is 5.06 Å². The van der Waals surface area contributed by atoms with E-state index in [9.17, 15) is 0 Å². The lowest BCUT2D eigenvalue weighted by molar-refractivity contribution is -0.270. The average molecular weight is 403 g/mol. The zero-order chi connectivity index (χ0) is 20.5. The molecule has 2 heterocycles. The van der Waals surface area contributed by atoms with Crippen LogP contribution in [0.5, 0.6) is 0 Å². The van der Waals surface area contributed by atoms with Crippen LogP contribution in [0, 0.1) is 0 Å². The maximum absolute atomic E-state index is 6.72. The van der Waals surface area contributed by atoms with E-state index in [1.54, 1.807) is 0 Å². The SMILES string of the molecule is [B][C@@H]1C[C@@H]([C@@H]2O[C@H](C)OC[C@H]2O[Si](C)(C)C(C)(C)C)N(Cc2ccccc2)O1. The fourth-order valence-corrected chi connectivity index (χ4v) is 4.85. The molecule has 1 aromatic carbocycles. The van der Waals surface area contributed by atoms with Crippen molar-refractivity contribution in [1.82, 2.24) is 5.06 Å². The van der Waals surface area contributed by atoms with E-state index >= 15 is 0 Å². The number of nitrogens with zero attached hydrogens (tertiary/aromatic N) is 1. The minimum atomic E-state index is -1.97. The molecule has 5 nitrogen and oxygen atoms in total. The van der Waals surface area contributed by atoms with Crippen LogP contribution in [0.1, 0.15) is 39.7 Å². The Bertz CT molecular complexity index is 639. The lowest BCUT2D eigenvalue weighted by atomic mass is 9.90. The molecule has 0 saturated carbocycles. The Morgan fingerprint density at radius 2 is 1.89 bits per heavy atom. The first-order valence-corrected chi connectivity index (χ1v) is 13.2. The summed E-state index contributed by atoms with van der Waals surface area (Å²) in [7, 11) is 4.20. The van der Waals surface area contributed by atoms with Crippen molar-refractivity contribution >= 4 is 16.2 Å². The van der Waals surface area contributed by atoms with Gasteiger partial charge >= 0.3 is 0 Å². The molecule has 1 aromatic rings. The first-order valence-electron chi connectivity index (χ1n) is 10.2. The second-order valence-corrected chi connectivity index (χ2v) is 14.2. The van der Waals surface area contributed by atoms with Gasteiger partial charge in [-0.15, -0.1) is 0 Å². The average Bonchev–Trinajstić information content (AvgIpc) is 2.96. The molecule has 154 valence electrons. The van der Waals surface area contributed by atoms with Crippen molar-refractivity contribution in [3.8, 4) is 0 Å². The van der Waals surface area contributed by atoms with Crippen LogP contribution in [-0.2, 0) is 25.3 Å². The van der Waals surface area contributed by atoms with Crippen molar-refractivity contribution in [1.29, 1.82) is 0 Å². The van der Waals surface area contributed by atoms with E-state index in [1.807, 2.05) is 30.2 Å². The third-order valence-electron chi connectivity index (χ3n) is 6.14. The predicted molar refractivity (Wildman–Crippen MR) is 113 cm³/mol. The summed E-state index contributed by atoms with van der Waals surface area (Å²) in [6, 6.07) is 9.99. The lowest BCUT2D eigenvalue weighted by Gasteiger charge is -2.46. The second-order valence-electron chi connectivity index (χ2n) is 9.43. The van der Waals surface area contributed by atoms with Crippen molar-refractivity contribution in [2.75, 3.05) is 6.61 Å². The zero-order valence-corrected chi connectivity index (χ0v) is 19.1. The molecule has 2 radical (unpaired) electrons. The zero-order valence-electron chi connectivity index (χ0n) is 18.1. The molecule has 3 rings (SSSR count). The molecule has 0 aromatic heterocycles. The van der Waals surface area contributed by atoms with E-state index < -0.39 is 8.32 Å². The lowest BCUT2D eigenvalue weighted by Crippen LogP contribution is -2.57. The van der Waals surface area contributed by atoms with Gasteiger partial charge in [0.1, 0.15) is 14.0 Å². The Balaban J connectivity index is 1.79. The van der Waals surface area contributed by atoms with Crippen LogP contribution in [0.4, 0.5) is 0 Å². The fourth-order valence-electron chi connectivity index (χ4n) is 3.53. The van der Waals surface area contributed by atoms with Crippen LogP contribution in [0.25, 0.3) is 0 Å². The molecule has 2 aliphatic rings. The summed E-state index contributed by atoms with van der Waals surface area (Å²) >= 11 is 0. The van der Waals surface area contributed by atoms with E-state index in [0.29, 0.717) is 19.6 Å². The van der Waals surface area contributed by atoms with Crippen molar-refractivity contribution < 1.29 is 18.7 Å². The standard InChI is InChI=1S/C21H34BNO4Si/c1-15-24-14-18(27-28(5,6)21(2,3)4)20(25-15)17-12-19(22)26-23(17)13-16-10-8-7-9-11-16/h7-11,15,17-20H,12-14H2,1-6H3/t15-,17+,18-,19+,20+/m1/s1. The maximum Gasteiger partial charge on any atom is 0.192 e. The minimum absolute atomic E-state index is 0.0244. The Kier molecular flexibility index (Phi) is 6.74. The molecule has 0 aliphatic carbocycles. The quantitative estimate of drug-likeness (QED) is 0.699. The topological polar surface area (TPSA) is 40.2 Å². The van der Waals surface area contributed by atoms with Gasteiger partial charge in [0.25, 0.3) is 0 Å². The Labute approximate surface area is 172 Å². The van der Waals surface area contributed by atoms with Crippen LogP contribution >= 0.6 is 0 Å². The summed E-state index contributed by atoms with van der Waals surface area (Å²) in [5.74, 6) is 0. The number of hydrogen-bond acceptors (Lipinski definition) is 5. The third kappa shape index (κ3) is 5.07. The van der Waals surface area contributed by atoms with E-state index in [0.717, 1.165) is 0 Å². The molecule has 2 fully saturated rings. The molecule has 2 saturated heterocycles. The van der Waals surface area contributed by atoms with Crippen molar-refractivity contribution in [2.24, 2.45) is 0 Å². The summed E-state index contributed by atoms with van der Waals surface area (Å²) in [5.41, 5.74) is 1.18. The molecule has 5 atom stereocenters. The molecule has 0 bridgehead atoms. The van der Waals surface area contributed by atoms with Gasteiger partial charge in [-0.05, 0) is 37.0 Å². The number of rotatable bonds is 5. The second kappa shape index (κ2) is 8.58. The minimum Gasteiger partial charge on any atom is -0.409 e. The molecule has 0 amide bonds. The molecule has 0 spiro atoms. The van der Waals surface area contributed by atoms with Gasteiger partial charge in [-0.3, -0.25) is 0 Å². The summed E-state index contributed by atoms with van der Waals surface area (Å²) in [4.78, 5) is 5.96. The van der Waals surface area contributed by atoms with Crippen LogP contribution in [0.15, 0.2) is 30.3 Å². The van der Waals surface area contributed by atoms with Gasteiger partial charge in [0.15, 0.2) is 14.6 Å². The Hall–Kier alpha value is -0.698. The largest absolute Gasteiger partial charge is 0.409 e. The van der Waals surface area contributed by atoms with Crippen LogP contribution in [-0.4, -0.2) is 58.4 Å². The Morgan fingerprint density at radius 1 is 1.21 bits per heavy atom. The van der Waals surface area contributed by atoms with Crippen LogP contribution < -0.4 is 0 Å². The number of benzene rings is 1. The highest BCUT2D eigenvalue weighted by Crippen LogP contribution is 2.40. The molecule has 28 heavy (non-hydrogen) atoms. The third-order valence-corrected chi connectivity index (χ3v) is 10.6. The van der Waals surface area contributed by atoms with Gasteiger partial charge in [-0.1, -0.05) is 51.1 Å². The first-order chi connectivity index (χ1) is 13.1. The normalized spacial score (nSPS) is 32.6. The summed E-state index contributed by atoms with van der Waals surface area (Å²) in [6.45, 7) is 14.4. The van der Waals surface area contributed by atoms with Crippen LogP contribution in [0.3, 0.4) is 0 Å². The summed E-state index contributed by atoms with van der Waals surface area (Å²) in [6.07, 6.45) is 0.172. The van der Waals surface area contributed by atoms with Gasteiger partial charge < -0.3 is 18.7 Å². The van der Waals surface area contributed by atoms with Crippen molar-refractivity contribution in [3.05, 3.63) is 35.9 Å². The highest BCUT2D eigenvalue weighted by atomic mass is 28.4. The highest BCUT2D eigenvalue weighted by Gasteiger charge is 2.48. The van der Waals surface area contributed by atoms with E-state index in [-0.39, 0.29) is 35.6 Å². The molecule has 0 N–H and O–H groups in total. The van der Waals surface area contributed by atoms with Gasteiger partial charge in [0.05, 0.1) is 18.8 Å².